The van der Waals surface area contributed by atoms with Crippen LogP contribution in [0.1, 0.15) is 22.5 Å². The predicted octanol–water partition coefficient (Wildman–Crippen LogP) is 3.43. The number of ether oxygens (including phenoxy) is 2. The Kier molecular flexibility index (Phi) is 6.06. The normalized spacial score (nSPS) is 19.0. The van der Waals surface area contributed by atoms with Gasteiger partial charge >= 0.3 is 0 Å². The Morgan fingerprint density at radius 3 is 2.81 bits per heavy atom. The van der Waals surface area contributed by atoms with Gasteiger partial charge in [0.25, 0.3) is 5.91 Å². The van der Waals surface area contributed by atoms with E-state index in [0.717, 1.165) is 52.7 Å². The van der Waals surface area contributed by atoms with Gasteiger partial charge in [-0.05, 0) is 55.8 Å². The molecule has 1 atom stereocenters. The molecule has 0 bridgehead atoms. The molecule has 0 aliphatic carbocycles. The zero-order valence-electron chi connectivity index (χ0n) is 14.7. The molecule has 1 saturated heterocycles. The Hall–Kier alpha value is -1.76. The van der Waals surface area contributed by atoms with E-state index in [1.807, 2.05) is 42.3 Å². The summed E-state index contributed by atoms with van der Waals surface area (Å²) >= 11 is 1.54. The Bertz CT molecular complexity index is 780. The number of nitrogens with zero attached hydrogens (tertiary/aromatic N) is 1. The smallest absolute Gasteiger partial charge is 0.263 e. The van der Waals surface area contributed by atoms with Crippen molar-refractivity contribution in [2.45, 2.75) is 18.9 Å². The van der Waals surface area contributed by atoms with Gasteiger partial charge in [-0.1, -0.05) is 0 Å². The monoisotopic (exact) mass is 394 g/mol. The standard InChI is InChI=1S/C19H22N2O3S.ClH/c1-20-14-3-2-8-21(12-14)19(22)18-7-6-17(25-18)13-4-5-15-16(11-13)24-10-9-23-15;/h4-7,11,14,20H,2-3,8-10,12H2,1H3;1H. The second kappa shape index (κ2) is 8.29. The maximum absolute atomic E-state index is 12.8. The van der Waals surface area contributed by atoms with Crippen LogP contribution in [-0.4, -0.2) is 50.2 Å². The molecule has 1 N–H and O–H groups in total. The van der Waals surface area contributed by atoms with Crippen molar-refractivity contribution in [1.29, 1.82) is 0 Å². The summed E-state index contributed by atoms with van der Waals surface area (Å²) in [5.41, 5.74) is 1.06. The van der Waals surface area contributed by atoms with Gasteiger partial charge in [-0.2, -0.15) is 0 Å². The molecule has 1 aromatic carbocycles. The van der Waals surface area contributed by atoms with Crippen LogP contribution in [0.4, 0.5) is 0 Å². The number of fused-ring (bicyclic) bond motifs is 1. The van der Waals surface area contributed by atoms with Crippen molar-refractivity contribution in [1.82, 2.24) is 10.2 Å². The van der Waals surface area contributed by atoms with Crippen LogP contribution in [0, 0.1) is 0 Å². The average molecular weight is 395 g/mol. The van der Waals surface area contributed by atoms with Crippen molar-refractivity contribution in [3.63, 3.8) is 0 Å². The Balaban J connectivity index is 0.00000196. The highest BCUT2D eigenvalue weighted by Gasteiger charge is 2.24. The summed E-state index contributed by atoms with van der Waals surface area (Å²) in [6, 6.07) is 10.3. The molecule has 0 saturated carbocycles. The molecule has 1 unspecified atom stereocenters. The predicted molar refractivity (Wildman–Crippen MR) is 106 cm³/mol. The minimum absolute atomic E-state index is 0. The number of amides is 1. The highest BCUT2D eigenvalue weighted by atomic mass is 35.5. The number of benzene rings is 1. The van der Waals surface area contributed by atoms with Crippen molar-refractivity contribution in [3.8, 4) is 21.9 Å². The first-order valence-corrected chi connectivity index (χ1v) is 9.52. The summed E-state index contributed by atoms with van der Waals surface area (Å²) in [5.74, 6) is 1.70. The number of hydrogen-bond donors (Lipinski definition) is 1. The summed E-state index contributed by atoms with van der Waals surface area (Å²) < 4.78 is 11.2. The fourth-order valence-electron chi connectivity index (χ4n) is 3.36. The minimum atomic E-state index is 0. The van der Waals surface area contributed by atoms with Crippen molar-refractivity contribution in [3.05, 3.63) is 35.2 Å². The highest BCUT2D eigenvalue weighted by Crippen LogP contribution is 2.37. The number of rotatable bonds is 3. The lowest BCUT2D eigenvalue weighted by atomic mass is 10.1. The molecule has 2 aliphatic heterocycles. The molecular formula is C19H23ClN2O3S. The summed E-state index contributed by atoms with van der Waals surface area (Å²) in [6.07, 6.45) is 2.19. The van der Waals surface area contributed by atoms with Crippen molar-refractivity contribution in [2.24, 2.45) is 0 Å². The molecule has 2 aliphatic rings. The largest absolute Gasteiger partial charge is 0.486 e. The van der Waals surface area contributed by atoms with E-state index in [-0.39, 0.29) is 18.3 Å². The number of thiophene rings is 1. The van der Waals surface area contributed by atoms with Crippen molar-refractivity contribution < 1.29 is 14.3 Å². The Morgan fingerprint density at radius 1 is 1.19 bits per heavy atom. The van der Waals surface area contributed by atoms with Crippen molar-refractivity contribution >= 4 is 29.7 Å². The van der Waals surface area contributed by atoms with Crippen molar-refractivity contribution in [2.75, 3.05) is 33.4 Å². The molecule has 0 radical (unpaired) electrons. The zero-order chi connectivity index (χ0) is 17.2. The van der Waals surface area contributed by atoms with Crippen LogP contribution < -0.4 is 14.8 Å². The molecule has 1 fully saturated rings. The third-order valence-corrected chi connectivity index (χ3v) is 5.88. The number of carbonyl (C=O) groups is 1. The first-order valence-electron chi connectivity index (χ1n) is 8.71. The summed E-state index contributed by atoms with van der Waals surface area (Å²) in [6.45, 7) is 2.79. The lowest BCUT2D eigenvalue weighted by Crippen LogP contribution is -2.46. The summed E-state index contributed by atoms with van der Waals surface area (Å²) in [7, 11) is 1.96. The van der Waals surface area contributed by atoms with E-state index in [1.165, 1.54) is 11.3 Å². The quantitative estimate of drug-likeness (QED) is 0.866. The first kappa shape index (κ1) is 19.0. The second-order valence-corrected chi connectivity index (χ2v) is 7.49. The van der Waals surface area contributed by atoms with E-state index < -0.39 is 0 Å². The lowest BCUT2D eigenvalue weighted by Gasteiger charge is -2.32. The average Bonchev–Trinajstić information content (AvgIpc) is 3.17. The van der Waals surface area contributed by atoms with Gasteiger partial charge in [-0.25, -0.2) is 0 Å². The fourth-order valence-corrected chi connectivity index (χ4v) is 4.33. The molecule has 4 rings (SSSR count). The first-order chi connectivity index (χ1) is 12.2. The molecule has 2 aromatic rings. The molecule has 5 nitrogen and oxygen atoms in total. The number of nitrogens with one attached hydrogen (secondary N) is 1. The van der Waals surface area contributed by atoms with E-state index in [2.05, 4.69) is 5.32 Å². The molecule has 1 aromatic heterocycles. The van der Waals surface area contributed by atoms with Gasteiger partial charge in [0.1, 0.15) is 13.2 Å². The SMILES string of the molecule is CNC1CCCN(C(=O)c2ccc(-c3ccc4c(c3)OCCO4)s2)C1.Cl. The summed E-state index contributed by atoms with van der Waals surface area (Å²) in [5, 5.41) is 3.28. The van der Waals surface area contributed by atoms with E-state index >= 15 is 0 Å². The highest BCUT2D eigenvalue weighted by molar-refractivity contribution is 7.17. The maximum atomic E-state index is 12.8. The Morgan fingerprint density at radius 2 is 2.00 bits per heavy atom. The fraction of sp³-hybridized carbons (Fsp3) is 0.421. The Labute approximate surface area is 163 Å². The number of piperidine rings is 1. The molecule has 1 amide bonds. The molecular weight excluding hydrogens is 372 g/mol. The maximum Gasteiger partial charge on any atom is 0.263 e. The zero-order valence-corrected chi connectivity index (χ0v) is 16.3. The van der Waals surface area contributed by atoms with Gasteiger partial charge in [0, 0.05) is 24.0 Å². The third-order valence-electron chi connectivity index (χ3n) is 4.76. The van der Waals surface area contributed by atoms with Gasteiger partial charge < -0.3 is 19.7 Å². The van der Waals surface area contributed by atoms with Crippen LogP contribution in [0.2, 0.25) is 0 Å². The number of hydrogen-bond acceptors (Lipinski definition) is 5. The topological polar surface area (TPSA) is 50.8 Å². The molecule has 0 spiro atoms. The van der Waals surface area contributed by atoms with Gasteiger partial charge in [-0.3, -0.25) is 4.79 Å². The minimum Gasteiger partial charge on any atom is -0.486 e. The van der Waals surface area contributed by atoms with E-state index in [4.69, 9.17) is 9.47 Å². The van der Waals surface area contributed by atoms with Crippen LogP contribution >= 0.6 is 23.7 Å². The number of likely N-dealkylation sites (tertiary alicyclic amines) is 1. The van der Waals surface area contributed by atoms with E-state index in [1.54, 1.807) is 0 Å². The van der Waals surface area contributed by atoms with Gasteiger partial charge in [0.15, 0.2) is 11.5 Å². The lowest BCUT2D eigenvalue weighted by molar-refractivity contribution is 0.0703. The second-order valence-electron chi connectivity index (χ2n) is 6.40. The van der Waals surface area contributed by atoms with Gasteiger partial charge in [0.2, 0.25) is 0 Å². The molecule has 140 valence electrons. The molecule has 7 heteroatoms. The molecule has 26 heavy (non-hydrogen) atoms. The van der Waals surface area contributed by atoms with Crippen LogP contribution in [0.25, 0.3) is 10.4 Å². The number of likely N-dealkylation sites (N-methyl/N-ethyl adjacent to an activating group) is 1. The number of halogens is 1. The third kappa shape index (κ3) is 3.82. The summed E-state index contributed by atoms with van der Waals surface area (Å²) in [4.78, 5) is 16.6. The number of carbonyl (C=O) groups excluding carboxylic acids is 1. The van der Waals surface area contributed by atoms with E-state index in [0.29, 0.717) is 19.3 Å². The van der Waals surface area contributed by atoms with Gasteiger partial charge in [-0.15, -0.1) is 23.7 Å². The van der Waals surface area contributed by atoms with Gasteiger partial charge in [0.05, 0.1) is 4.88 Å². The van der Waals surface area contributed by atoms with E-state index in [9.17, 15) is 4.79 Å². The van der Waals surface area contributed by atoms with Crippen LogP contribution in [0.3, 0.4) is 0 Å². The van der Waals surface area contributed by atoms with Crippen LogP contribution in [0.15, 0.2) is 30.3 Å². The van der Waals surface area contributed by atoms with Crippen LogP contribution in [0.5, 0.6) is 11.5 Å². The molecule has 3 heterocycles. The van der Waals surface area contributed by atoms with Crippen LogP contribution in [-0.2, 0) is 0 Å².